The zero-order valence-corrected chi connectivity index (χ0v) is 30.2. The van der Waals surface area contributed by atoms with Crippen LogP contribution < -0.4 is 37.5 Å². The second-order valence-corrected chi connectivity index (χ2v) is 11.1. The first-order chi connectivity index (χ1) is 25.6. The van der Waals surface area contributed by atoms with Crippen molar-refractivity contribution in [1.82, 2.24) is 30.6 Å². The van der Waals surface area contributed by atoms with Gasteiger partial charge >= 0.3 is 40.3 Å². The Morgan fingerprint density at radius 1 is 1.00 bits per heavy atom. The monoisotopic (exact) mass is 856 g/mol. The first-order valence-electron chi connectivity index (χ1n) is 15.1. The quantitative estimate of drug-likeness (QED) is 0.0332. The van der Waals surface area contributed by atoms with Crippen molar-refractivity contribution >= 4 is 76.9 Å². The third-order valence-electron chi connectivity index (χ3n) is 6.83. The predicted octanol–water partition coefficient (Wildman–Crippen LogP) is -3.35. The predicted molar refractivity (Wildman–Crippen MR) is 181 cm³/mol. The number of amides is 2. The summed E-state index contributed by atoms with van der Waals surface area (Å²) in [5.74, 6) is -9.36. The molecule has 0 aliphatic carbocycles. The summed E-state index contributed by atoms with van der Waals surface area (Å²) in [6.07, 6.45) is -0.457. The average Bonchev–Trinajstić information content (AvgIpc) is 3.13. The molecule has 0 aliphatic rings. The molecule has 10 N–H and O–H groups in total. The summed E-state index contributed by atoms with van der Waals surface area (Å²) in [6, 6.07) is -1.01. The van der Waals surface area contributed by atoms with Gasteiger partial charge < -0.3 is 65.6 Å². The van der Waals surface area contributed by atoms with Crippen molar-refractivity contribution in [3.05, 3.63) is 57.8 Å². The number of nitrogens with zero attached hydrogens (tertiary/aromatic N) is 5. The van der Waals surface area contributed by atoms with E-state index < -0.39 is 96.4 Å². The van der Waals surface area contributed by atoms with Crippen molar-refractivity contribution in [3.8, 4) is 0 Å². The number of H-pyrrole nitrogens is 1. The SMILES string of the molecule is [NH-][C@@H](CNC(=O)CC[C@@H](NC(=O)c1ccc(NCc2cnc3nc(N)[nH]c(=O)c3n2)cc1)C(=O)O)C([O-])=N[C@@H](CC(=O)O)C([O-])=N[C@@H](C[S-])C(=O)O.[O]=[99Tc+2]. The van der Waals surface area contributed by atoms with E-state index in [4.69, 9.17) is 25.2 Å². The van der Waals surface area contributed by atoms with Gasteiger partial charge in [-0.3, -0.25) is 34.1 Å². The van der Waals surface area contributed by atoms with Crippen molar-refractivity contribution in [1.29, 1.82) is 0 Å². The molecule has 289 valence electrons. The number of benzene rings is 1. The summed E-state index contributed by atoms with van der Waals surface area (Å²) in [7, 11) is 0. The van der Waals surface area contributed by atoms with Gasteiger partial charge in [-0.2, -0.15) is 4.98 Å². The van der Waals surface area contributed by atoms with Crippen molar-refractivity contribution < 1.29 is 71.9 Å². The van der Waals surface area contributed by atoms with Gasteiger partial charge in [-0.15, -0.1) is 5.75 Å². The Kier molecular flexibility index (Phi) is 17.7. The molecule has 0 unspecified atom stereocenters. The van der Waals surface area contributed by atoms with Gasteiger partial charge in [0.05, 0.1) is 30.9 Å². The standard InChI is InChI=1S/C29H34N11O11S.O.Tc/c30-15(24(45)37-17(7-20(42)43)25(46)38-18(11-52)28(50)51)10-33-19(41)6-5-16(27(48)49)36-23(44)12-1-3-13(4-2-12)32-8-14-9-34-22-21(35-14)26(47)40-29(31)39-22;;/h1-4,9,15-18,30,32,52H,5-8,10-11H2,(H,33,41)(H,36,44)(H,37,45)(H,38,46)(H,42,43)(H,48,49)(H,50,51)(H3,31,34,39,40,47);;/q-1;;+2/p-3/t15-,16+,17-,18-;;/m0../s1/i;;1+1. The number of nitrogens with two attached hydrogens (primary N) is 1. The first-order valence-corrected chi connectivity index (χ1v) is 16.5. The van der Waals surface area contributed by atoms with Gasteiger partial charge in [-0.05, 0) is 36.6 Å². The summed E-state index contributed by atoms with van der Waals surface area (Å²) < 4.78 is 8.22. The van der Waals surface area contributed by atoms with Crippen molar-refractivity contribution in [2.24, 2.45) is 9.98 Å². The van der Waals surface area contributed by atoms with Crippen LogP contribution in [0, 0.1) is 0 Å². The number of rotatable bonds is 19. The van der Waals surface area contributed by atoms with Crippen molar-refractivity contribution in [3.63, 3.8) is 0 Å². The number of nitrogens with one attached hydrogen (secondary N) is 5. The maximum absolute atomic E-state index is 12.7. The van der Waals surface area contributed by atoms with Crippen LogP contribution in [0.3, 0.4) is 0 Å². The molecule has 4 atom stereocenters. The third kappa shape index (κ3) is 13.9. The molecular weight excluding hydrogens is 825 g/mol. The van der Waals surface area contributed by atoms with E-state index in [1.807, 2.05) is 0 Å². The number of carbonyl (C=O) groups is 5. The molecule has 1 aromatic carbocycles. The Labute approximate surface area is 319 Å². The number of fused-ring (bicyclic) bond motifs is 1. The molecule has 3 rings (SSSR count). The number of hydrogen-bond donors (Lipinski definition) is 8. The van der Waals surface area contributed by atoms with Crippen LogP contribution in [0.25, 0.3) is 16.9 Å². The normalized spacial score (nSPS) is 13.6. The molecule has 2 aromatic heterocycles. The Morgan fingerprint density at radius 2 is 1.65 bits per heavy atom. The van der Waals surface area contributed by atoms with E-state index in [-0.39, 0.29) is 35.6 Å². The second-order valence-electron chi connectivity index (χ2n) is 10.7. The number of carboxylic acids is 3. The number of carboxylic acid groups (broad SMARTS) is 3. The van der Waals surface area contributed by atoms with Crippen LogP contribution in [-0.2, 0) is 60.7 Å². The van der Waals surface area contributed by atoms with Crippen LogP contribution in [0.2, 0.25) is 0 Å². The molecule has 0 saturated heterocycles. The Bertz CT molecular complexity index is 1950. The molecule has 0 bridgehead atoms. The van der Waals surface area contributed by atoms with E-state index in [1.54, 1.807) is 0 Å². The fourth-order valence-electron chi connectivity index (χ4n) is 4.15. The van der Waals surface area contributed by atoms with Gasteiger partial charge in [-0.25, -0.2) is 19.6 Å². The van der Waals surface area contributed by atoms with Gasteiger partial charge in [0.15, 0.2) is 11.2 Å². The van der Waals surface area contributed by atoms with Crippen LogP contribution in [0.5, 0.6) is 0 Å². The zero-order valence-electron chi connectivity index (χ0n) is 27.6. The van der Waals surface area contributed by atoms with Crippen molar-refractivity contribution in [2.75, 3.05) is 23.3 Å². The molecule has 0 fully saturated rings. The van der Waals surface area contributed by atoms with Gasteiger partial charge in [0.1, 0.15) is 12.1 Å². The average molecular weight is 857 g/mol. The number of aromatic nitrogens is 4. The zero-order chi connectivity index (χ0) is 40.5. The maximum atomic E-state index is 12.7. The molecule has 54 heavy (non-hydrogen) atoms. The summed E-state index contributed by atoms with van der Waals surface area (Å²) in [4.78, 5) is 92.3. The summed E-state index contributed by atoms with van der Waals surface area (Å²) in [6.45, 7) is -0.504. The molecule has 2 amide bonds. The van der Waals surface area contributed by atoms with E-state index in [1.165, 1.54) is 30.5 Å². The van der Waals surface area contributed by atoms with E-state index in [2.05, 4.69) is 58.5 Å². The third-order valence-corrected chi connectivity index (χ3v) is 7.15. The molecule has 25 heteroatoms. The number of nitrogen functional groups attached to an aromatic ring is 1. The van der Waals surface area contributed by atoms with E-state index in [0.717, 1.165) is 18.9 Å². The van der Waals surface area contributed by atoms with E-state index in [0.29, 0.717) is 11.4 Å². The summed E-state index contributed by atoms with van der Waals surface area (Å²) in [5, 5.41) is 59.8. The van der Waals surface area contributed by atoms with E-state index in [9.17, 15) is 44.1 Å². The molecule has 0 spiro atoms. The van der Waals surface area contributed by atoms with Gasteiger partial charge in [0.2, 0.25) is 11.9 Å². The Hall–Kier alpha value is -5.91. The van der Waals surface area contributed by atoms with Crippen molar-refractivity contribution in [2.45, 2.75) is 50.0 Å². The topological polar surface area (TPSA) is 391 Å². The van der Waals surface area contributed by atoms with Crippen LogP contribution in [0.4, 0.5) is 11.6 Å². The second kappa shape index (κ2) is 21.6. The minimum absolute atomic E-state index is 0.00153. The number of anilines is 2. The molecule has 3 aromatic rings. The molecular formula is C29H31N11O12STc-2. The minimum atomic E-state index is -1.93. The number of aliphatic imine (C=N–C) groups is 2. The summed E-state index contributed by atoms with van der Waals surface area (Å²) >= 11 is 5.49. The molecule has 2 heterocycles. The van der Waals surface area contributed by atoms with E-state index >= 15 is 0 Å². The van der Waals surface area contributed by atoms with Crippen LogP contribution in [-0.4, -0.2) is 113 Å². The Balaban J connectivity index is 0.00000495. The number of hydrogen-bond acceptors (Lipinski definition) is 17. The molecule has 0 radical (unpaired) electrons. The molecule has 23 nitrogen and oxygen atoms in total. The fraction of sp³-hybridized carbons (Fsp3) is 0.345. The van der Waals surface area contributed by atoms with Crippen LogP contribution in [0.1, 0.15) is 35.3 Å². The van der Waals surface area contributed by atoms with Gasteiger partial charge in [0.25, 0.3) is 11.5 Å². The first kappa shape index (κ1) is 44.3. The number of carbonyl (C=O) groups excluding carboxylic acids is 2. The number of aliphatic carboxylic acids is 3. The molecule has 0 saturated carbocycles. The van der Waals surface area contributed by atoms with Gasteiger partial charge in [-0.1, -0.05) is 11.9 Å². The molecule has 0 aliphatic heterocycles. The Morgan fingerprint density at radius 3 is 2.24 bits per heavy atom. The van der Waals surface area contributed by atoms with Crippen LogP contribution >= 0.6 is 0 Å². The fourth-order valence-corrected chi connectivity index (χ4v) is 4.37. The number of aromatic amines is 1. The van der Waals surface area contributed by atoms with Crippen LogP contribution in [0.15, 0.2) is 45.2 Å². The van der Waals surface area contributed by atoms with Gasteiger partial charge in [0, 0.05) is 24.2 Å². The summed E-state index contributed by atoms with van der Waals surface area (Å²) in [5.41, 5.74) is 14.0.